The predicted octanol–water partition coefficient (Wildman–Crippen LogP) is 4.41. The van der Waals surface area contributed by atoms with Crippen molar-refractivity contribution < 1.29 is 13.7 Å². The standard InChI is InChI=1S/C23H27BrN4O3/c1-15-6-8-18(9-7-15)22-25-19(31-26-22)5-4-10-27-11-13-28(14-12-27)23(29)20-16(2)30-17(3)21(20)24/h6-9H,4-5,10-14H2,1-3H3. The highest BCUT2D eigenvalue weighted by Crippen LogP contribution is 2.28. The molecule has 1 fully saturated rings. The van der Waals surface area contributed by atoms with Crippen LogP contribution in [0.4, 0.5) is 0 Å². The van der Waals surface area contributed by atoms with E-state index in [0.717, 1.165) is 48.3 Å². The smallest absolute Gasteiger partial charge is 0.258 e. The Morgan fingerprint density at radius 3 is 2.42 bits per heavy atom. The van der Waals surface area contributed by atoms with Gasteiger partial charge in [-0.1, -0.05) is 35.0 Å². The Bertz CT molecular complexity index is 1050. The summed E-state index contributed by atoms with van der Waals surface area (Å²) in [5, 5.41) is 4.10. The average molecular weight is 487 g/mol. The van der Waals surface area contributed by atoms with E-state index in [1.165, 1.54) is 5.56 Å². The first-order chi connectivity index (χ1) is 14.9. The van der Waals surface area contributed by atoms with Crippen molar-refractivity contribution in [3.05, 3.63) is 57.3 Å². The summed E-state index contributed by atoms with van der Waals surface area (Å²) >= 11 is 3.48. The molecule has 1 aliphatic rings. The second-order valence-corrected chi connectivity index (χ2v) is 8.81. The number of carbonyl (C=O) groups excluding carboxylic acids is 1. The predicted molar refractivity (Wildman–Crippen MR) is 121 cm³/mol. The Kier molecular flexibility index (Phi) is 6.57. The van der Waals surface area contributed by atoms with Gasteiger partial charge < -0.3 is 13.8 Å². The van der Waals surface area contributed by atoms with Crippen LogP contribution in [0.3, 0.4) is 0 Å². The van der Waals surface area contributed by atoms with Crippen molar-refractivity contribution in [1.29, 1.82) is 0 Å². The zero-order chi connectivity index (χ0) is 22.0. The Hall–Kier alpha value is -2.45. The van der Waals surface area contributed by atoms with Gasteiger partial charge in [0.15, 0.2) is 0 Å². The highest BCUT2D eigenvalue weighted by molar-refractivity contribution is 9.10. The topological polar surface area (TPSA) is 75.6 Å². The summed E-state index contributed by atoms with van der Waals surface area (Å²) < 4.78 is 11.8. The summed E-state index contributed by atoms with van der Waals surface area (Å²) in [7, 11) is 0. The summed E-state index contributed by atoms with van der Waals surface area (Å²) in [6.45, 7) is 9.84. The number of benzene rings is 1. The maximum absolute atomic E-state index is 12.9. The summed E-state index contributed by atoms with van der Waals surface area (Å²) in [6.07, 6.45) is 1.69. The van der Waals surface area contributed by atoms with E-state index in [1.807, 2.05) is 43.0 Å². The van der Waals surface area contributed by atoms with E-state index in [1.54, 1.807) is 0 Å². The van der Waals surface area contributed by atoms with Gasteiger partial charge in [0.25, 0.3) is 5.91 Å². The van der Waals surface area contributed by atoms with Crippen LogP contribution in [0.5, 0.6) is 0 Å². The molecule has 31 heavy (non-hydrogen) atoms. The molecule has 1 amide bonds. The zero-order valence-corrected chi connectivity index (χ0v) is 19.7. The summed E-state index contributed by atoms with van der Waals surface area (Å²) in [5.41, 5.74) is 2.82. The molecule has 2 aromatic heterocycles. The van der Waals surface area contributed by atoms with E-state index < -0.39 is 0 Å². The van der Waals surface area contributed by atoms with Gasteiger partial charge in [0.1, 0.15) is 11.5 Å². The van der Waals surface area contributed by atoms with Crippen molar-refractivity contribution in [2.75, 3.05) is 32.7 Å². The quantitative estimate of drug-likeness (QED) is 0.513. The number of amides is 1. The van der Waals surface area contributed by atoms with Gasteiger partial charge in [0.2, 0.25) is 11.7 Å². The molecule has 0 aliphatic carbocycles. The molecule has 0 saturated carbocycles. The fourth-order valence-electron chi connectivity index (χ4n) is 3.86. The fraction of sp³-hybridized carbons (Fsp3) is 0.435. The third-order valence-corrected chi connectivity index (χ3v) is 6.66. The molecule has 0 atom stereocenters. The first kappa shape index (κ1) is 21.8. The van der Waals surface area contributed by atoms with Crippen molar-refractivity contribution in [3.8, 4) is 11.4 Å². The Balaban J connectivity index is 1.24. The number of piperazine rings is 1. The highest BCUT2D eigenvalue weighted by Gasteiger charge is 2.27. The monoisotopic (exact) mass is 486 g/mol. The first-order valence-electron chi connectivity index (χ1n) is 10.6. The number of halogens is 1. The van der Waals surface area contributed by atoms with Crippen molar-refractivity contribution in [2.45, 2.75) is 33.6 Å². The van der Waals surface area contributed by atoms with Crippen LogP contribution in [0.2, 0.25) is 0 Å². The first-order valence-corrected chi connectivity index (χ1v) is 11.4. The maximum atomic E-state index is 12.9. The number of aromatic nitrogens is 2. The van der Waals surface area contributed by atoms with E-state index >= 15 is 0 Å². The van der Waals surface area contributed by atoms with E-state index in [-0.39, 0.29) is 5.91 Å². The second-order valence-electron chi connectivity index (χ2n) is 8.02. The number of rotatable bonds is 6. The molecular formula is C23H27BrN4O3. The van der Waals surface area contributed by atoms with Gasteiger partial charge in [-0.2, -0.15) is 4.98 Å². The molecule has 7 nitrogen and oxygen atoms in total. The lowest BCUT2D eigenvalue weighted by atomic mass is 10.1. The van der Waals surface area contributed by atoms with Crippen LogP contribution in [-0.2, 0) is 6.42 Å². The minimum absolute atomic E-state index is 0.0374. The molecular weight excluding hydrogens is 460 g/mol. The van der Waals surface area contributed by atoms with Crippen molar-refractivity contribution in [3.63, 3.8) is 0 Å². The van der Waals surface area contributed by atoms with Gasteiger partial charge in [-0.25, -0.2) is 0 Å². The number of furan rings is 1. The van der Waals surface area contributed by atoms with Crippen LogP contribution < -0.4 is 0 Å². The molecule has 4 rings (SSSR count). The number of aryl methyl sites for hydroxylation is 4. The number of hydrogen-bond donors (Lipinski definition) is 0. The number of nitrogens with zero attached hydrogens (tertiary/aromatic N) is 4. The van der Waals surface area contributed by atoms with Gasteiger partial charge in [-0.15, -0.1) is 0 Å². The molecule has 1 saturated heterocycles. The number of carbonyl (C=O) groups is 1. The van der Waals surface area contributed by atoms with E-state index in [2.05, 4.69) is 37.9 Å². The zero-order valence-electron chi connectivity index (χ0n) is 18.2. The van der Waals surface area contributed by atoms with Gasteiger partial charge >= 0.3 is 0 Å². The largest absolute Gasteiger partial charge is 0.465 e. The van der Waals surface area contributed by atoms with Crippen LogP contribution in [0.15, 0.2) is 37.7 Å². The maximum Gasteiger partial charge on any atom is 0.258 e. The van der Waals surface area contributed by atoms with Gasteiger partial charge in [-0.3, -0.25) is 9.69 Å². The summed E-state index contributed by atoms with van der Waals surface area (Å²) in [4.78, 5) is 21.7. The van der Waals surface area contributed by atoms with E-state index in [0.29, 0.717) is 36.1 Å². The van der Waals surface area contributed by atoms with Crippen molar-refractivity contribution in [1.82, 2.24) is 19.9 Å². The lowest BCUT2D eigenvalue weighted by molar-refractivity contribution is 0.0633. The molecule has 1 aliphatic heterocycles. The highest BCUT2D eigenvalue weighted by atomic mass is 79.9. The second kappa shape index (κ2) is 9.36. The van der Waals surface area contributed by atoms with Gasteiger partial charge in [-0.05, 0) is 49.7 Å². The summed E-state index contributed by atoms with van der Waals surface area (Å²) in [6, 6.07) is 8.11. The van der Waals surface area contributed by atoms with Crippen molar-refractivity contribution >= 4 is 21.8 Å². The fourth-order valence-corrected chi connectivity index (χ4v) is 4.39. The number of hydrogen-bond acceptors (Lipinski definition) is 6. The SMILES string of the molecule is Cc1ccc(-c2noc(CCCN3CCN(C(=O)c4c(C)oc(C)c4Br)CC3)n2)cc1. The van der Waals surface area contributed by atoms with Crippen LogP contribution in [0, 0.1) is 20.8 Å². The minimum atomic E-state index is 0.0374. The van der Waals surface area contributed by atoms with E-state index in [9.17, 15) is 4.79 Å². The third kappa shape index (κ3) is 4.91. The Labute approximate surface area is 190 Å². The van der Waals surface area contributed by atoms with Crippen LogP contribution in [0.25, 0.3) is 11.4 Å². The molecule has 1 aromatic carbocycles. The molecule has 0 N–H and O–H groups in total. The molecule has 164 valence electrons. The van der Waals surface area contributed by atoms with Crippen LogP contribution in [0.1, 0.15) is 39.8 Å². The van der Waals surface area contributed by atoms with Crippen LogP contribution in [-0.4, -0.2) is 58.6 Å². The normalized spacial score (nSPS) is 14.9. The molecule has 3 aromatic rings. The minimum Gasteiger partial charge on any atom is -0.465 e. The molecule has 8 heteroatoms. The lowest BCUT2D eigenvalue weighted by Gasteiger charge is -2.34. The lowest BCUT2D eigenvalue weighted by Crippen LogP contribution is -2.49. The molecule has 3 heterocycles. The average Bonchev–Trinajstić information content (AvgIpc) is 3.33. The van der Waals surface area contributed by atoms with Gasteiger partial charge in [0, 0.05) is 38.2 Å². The summed E-state index contributed by atoms with van der Waals surface area (Å²) in [5.74, 6) is 2.75. The van der Waals surface area contributed by atoms with Crippen molar-refractivity contribution in [2.24, 2.45) is 0 Å². The third-order valence-electron chi connectivity index (χ3n) is 5.70. The molecule has 0 bridgehead atoms. The van der Waals surface area contributed by atoms with E-state index in [4.69, 9.17) is 8.94 Å². The molecule has 0 unspecified atom stereocenters. The van der Waals surface area contributed by atoms with Gasteiger partial charge in [0.05, 0.1) is 10.0 Å². The Morgan fingerprint density at radius 2 is 1.77 bits per heavy atom. The molecule has 0 spiro atoms. The molecule has 0 radical (unpaired) electrons. The Morgan fingerprint density at radius 1 is 1.06 bits per heavy atom. The van der Waals surface area contributed by atoms with Crippen LogP contribution >= 0.6 is 15.9 Å².